The van der Waals surface area contributed by atoms with Gasteiger partial charge in [0.2, 0.25) is 5.89 Å². The number of benzene rings is 2. The van der Waals surface area contributed by atoms with Crippen LogP contribution in [0.5, 0.6) is 0 Å². The fraction of sp³-hybridized carbons (Fsp3) is 0.158. The van der Waals surface area contributed by atoms with Crippen molar-refractivity contribution in [3.8, 4) is 0 Å². The third-order valence-electron chi connectivity index (χ3n) is 3.76. The van der Waals surface area contributed by atoms with Crippen LogP contribution in [0.25, 0.3) is 0 Å². The lowest BCUT2D eigenvalue weighted by Crippen LogP contribution is -2.12. The monoisotopic (exact) mass is 367 g/mol. The molecule has 7 heteroatoms. The Hall–Kier alpha value is -2.93. The van der Waals surface area contributed by atoms with Crippen molar-refractivity contribution in [2.24, 2.45) is 0 Å². The molecule has 0 bridgehead atoms. The highest BCUT2D eigenvalue weighted by Gasteiger charge is 2.12. The molecule has 0 spiro atoms. The van der Waals surface area contributed by atoms with Gasteiger partial charge >= 0.3 is 6.01 Å². The van der Waals surface area contributed by atoms with E-state index >= 15 is 0 Å². The number of carbonyl (C=O) groups is 2. The fourth-order valence-electron chi connectivity index (χ4n) is 2.32. The zero-order valence-corrected chi connectivity index (χ0v) is 15.2. The van der Waals surface area contributed by atoms with E-state index in [4.69, 9.17) is 4.42 Å². The van der Waals surface area contributed by atoms with Crippen LogP contribution in [-0.4, -0.2) is 28.1 Å². The van der Waals surface area contributed by atoms with Crippen molar-refractivity contribution in [3.63, 3.8) is 0 Å². The number of Topliss-reactive ketones (excluding diaryl/α,β-unsaturated/α-hetero) is 1. The topological polar surface area (TPSA) is 85.1 Å². The Morgan fingerprint density at radius 1 is 1.00 bits per heavy atom. The van der Waals surface area contributed by atoms with Crippen LogP contribution < -0.4 is 5.32 Å². The standard InChI is InChI=1S/C19H17N3O3S/c1-12(23)14-5-7-15(8-6-14)18(24)20-19-22-21-17(25-19)11-13-3-9-16(26-2)10-4-13/h3-10H,11H2,1-2H3,(H,20,22,24). The van der Waals surface area contributed by atoms with Crippen LogP contribution in [0.3, 0.4) is 0 Å². The molecule has 3 aromatic rings. The van der Waals surface area contributed by atoms with Crippen LogP contribution in [-0.2, 0) is 6.42 Å². The molecule has 6 nitrogen and oxygen atoms in total. The van der Waals surface area contributed by atoms with E-state index in [0.717, 1.165) is 5.56 Å². The van der Waals surface area contributed by atoms with Gasteiger partial charge in [-0.1, -0.05) is 29.4 Å². The minimum absolute atomic E-state index is 0.0429. The van der Waals surface area contributed by atoms with Gasteiger partial charge in [0.25, 0.3) is 5.91 Å². The second kappa shape index (κ2) is 7.97. The van der Waals surface area contributed by atoms with Crippen LogP contribution >= 0.6 is 11.8 Å². The molecule has 26 heavy (non-hydrogen) atoms. The minimum Gasteiger partial charge on any atom is -0.407 e. The number of anilines is 1. The largest absolute Gasteiger partial charge is 0.407 e. The van der Waals surface area contributed by atoms with Gasteiger partial charge in [0.05, 0.1) is 6.42 Å². The molecule has 0 unspecified atom stereocenters. The van der Waals surface area contributed by atoms with Crippen molar-refractivity contribution >= 4 is 29.5 Å². The summed E-state index contributed by atoms with van der Waals surface area (Å²) in [6.07, 6.45) is 2.51. The first kappa shape index (κ1) is 17.9. The molecule has 132 valence electrons. The molecule has 0 atom stereocenters. The third kappa shape index (κ3) is 4.37. The maximum atomic E-state index is 12.2. The van der Waals surface area contributed by atoms with Crippen LogP contribution in [0.15, 0.2) is 57.8 Å². The van der Waals surface area contributed by atoms with Gasteiger partial charge in [0.15, 0.2) is 5.78 Å². The lowest BCUT2D eigenvalue weighted by atomic mass is 10.1. The van der Waals surface area contributed by atoms with Crippen molar-refractivity contribution in [1.29, 1.82) is 0 Å². The molecule has 0 saturated heterocycles. The number of nitrogens with one attached hydrogen (secondary N) is 1. The Morgan fingerprint density at radius 2 is 1.65 bits per heavy atom. The predicted molar refractivity (Wildman–Crippen MR) is 99.7 cm³/mol. The Balaban J connectivity index is 1.63. The molecular formula is C19H17N3O3S. The maximum Gasteiger partial charge on any atom is 0.322 e. The predicted octanol–water partition coefficient (Wildman–Crippen LogP) is 3.84. The summed E-state index contributed by atoms with van der Waals surface area (Å²) in [5.41, 5.74) is 2.00. The van der Waals surface area contributed by atoms with E-state index in [-0.39, 0.29) is 17.7 Å². The third-order valence-corrected chi connectivity index (χ3v) is 4.50. The van der Waals surface area contributed by atoms with E-state index in [9.17, 15) is 9.59 Å². The number of carbonyl (C=O) groups excluding carboxylic acids is 2. The van der Waals surface area contributed by atoms with Gasteiger partial charge in [-0.2, -0.15) is 0 Å². The molecule has 0 saturated carbocycles. The first-order valence-electron chi connectivity index (χ1n) is 7.93. The molecule has 1 N–H and O–H groups in total. The minimum atomic E-state index is -0.375. The number of ketones is 1. The molecule has 1 heterocycles. The van der Waals surface area contributed by atoms with Crippen molar-refractivity contribution in [2.75, 3.05) is 11.6 Å². The molecule has 0 fully saturated rings. The van der Waals surface area contributed by atoms with Crippen LogP contribution in [0, 0.1) is 0 Å². The number of hydrogen-bond acceptors (Lipinski definition) is 6. The van der Waals surface area contributed by atoms with Gasteiger partial charge in [-0.15, -0.1) is 16.9 Å². The SMILES string of the molecule is CSc1ccc(Cc2nnc(NC(=O)c3ccc(C(C)=O)cc3)o2)cc1. The number of hydrogen-bond donors (Lipinski definition) is 1. The molecule has 1 aromatic heterocycles. The molecule has 0 aliphatic carbocycles. The number of rotatable bonds is 6. The number of amides is 1. The molecule has 3 rings (SSSR count). The normalized spacial score (nSPS) is 10.5. The summed E-state index contributed by atoms with van der Waals surface area (Å²) in [4.78, 5) is 24.7. The molecule has 1 amide bonds. The lowest BCUT2D eigenvalue weighted by molar-refractivity contribution is 0.100. The maximum absolute atomic E-state index is 12.2. The van der Waals surface area contributed by atoms with Crippen LogP contribution in [0.4, 0.5) is 6.01 Å². The zero-order chi connectivity index (χ0) is 18.5. The van der Waals surface area contributed by atoms with Gasteiger partial charge in [0.1, 0.15) is 0 Å². The van der Waals surface area contributed by atoms with E-state index in [2.05, 4.69) is 15.5 Å². The van der Waals surface area contributed by atoms with E-state index in [1.807, 2.05) is 30.5 Å². The second-order valence-corrected chi connectivity index (χ2v) is 6.49. The summed E-state index contributed by atoms with van der Waals surface area (Å²) in [5.74, 6) is -0.00665. The summed E-state index contributed by atoms with van der Waals surface area (Å²) >= 11 is 1.68. The average molecular weight is 367 g/mol. The zero-order valence-electron chi connectivity index (χ0n) is 14.4. The van der Waals surface area contributed by atoms with E-state index in [1.54, 1.807) is 36.0 Å². The van der Waals surface area contributed by atoms with Crippen molar-refractivity contribution in [1.82, 2.24) is 10.2 Å². The van der Waals surface area contributed by atoms with Gasteiger partial charge < -0.3 is 4.42 Å². The highest BCUT2D eigenvalue weighted by molar-refractivity contribution is 7.98. The smallest absolute Gasteiger partial charge is 0.322 e. The summed E-state index contributed by atoms with van der Waals surface area (Å²) in [7, 11) is 0. The molecular weight excluding hydrogens is 350 g/mol. The fourth-order valence-corrected chi connectivity index (χ4v) is 2.73. The molecule has 0 aliphatic heterocycles. The lowest BCUT2D eigenvalue weighted by Gasteiger charge is -2.02. The van der Waals surface area contributed by atoms with Gasteiger partial charge in [0, 0.05) is 16.0 Å². The van der Waals surface area contributed by atoms with E-state index in [1.165, 1.54) is 11.8 Å². The van der Waals surface area contributed by atoms with Crippen LogP contribution in [0.1, 0.15) is 39.1 Å². The first-order valence-corrected chi connectivity index (χ1v) is 9.15. The Morgan fingerprint density at radius 3 is 2.27 bits per heavy atom. The van der Waals surface area contributed by atoms with Gasteiger partial charge in [-0.05, 0) is 43.0 Å². The molecule has 0 radical (unpaired) electrons. The summed E-state index contributed by atoms with van der Waals surface area (Å²) < 4.78 is 5.48. The quantitative estimate of drug-likeness (QED) is 0.526. The van der Waals surface area contributed by atoms with Gasteiger partial charge in [-0.3, -0.25) is 14.9 Å². The number of aromatic nitrogens is 2. The number of nitrogens with zero attached hydrogens (tertiary/aromatic N) is 2. The van der Waals surface area contributed by atoms with Crippen molar-refractivity contribution in [3.05, 3.63) is 71.1 Å². The average Bonchev–Trinajstić information content (AvgIpc) is 3.09. The summed E-state index contributed by atoms with van der Waals surface area (Å²) in [6.45, 7) is 1.48. The Labute approximate surface area is 155 Å². The van der Waals surface area contributed by atoms with E-state index in [0.29, 0.717) is 23.4 Å². The highest BCUT2D eigenvalue weighted by atomic mass is 32.2. The van der Waals surface area contributed by atoms with Crippen molar-refractivity contribution < 1.29 is 14.0 Å². The van der Waals surface area contributed by atoms with Gasteiger partial charge in [-0.25, -0.2) is 0 Å². The molecule has 0 aliphatic rings. The van der Waals surface area contributed by atoms with E-state index < -0.39 is 0 Å². The second-order valence-electron chi connectivity index (χ2n) is 5.61. The summed E-state index contributed by atoms with van der Waals surface area (Å²) in [5, 5.41) is 10.4. The van der Waals surface area contributed by atoms with Crippen molar-refractivity contribution in [2.45, 2.75) is 18.2 Å². The number of thioether (sulfide) groups is 1. The molecule has 2 aromatic carbocycles. The van der Waals surface area contributed by atoms with Crippen LogP contribution in [0.2, 0.25) is 0 Å². The summed E-state index contributed by atoms with van der Waals surface area (Å²) in [6, 6.07) is 14.5. The Bertz CT molecular complexity index is 918. The first-order chi connectivity index (χ1) is 12.5. The Kier molecular flexibility index (Phi) is 5.48. The highest BCUT2D eigenvalue weighted by Crippen LogP contribution is 2.17.